The van der Waals surface area contributed by atoms with Crippen LogP contribution in [0.3, 0.4) is 0 Å². The van der Waals surface area contributed by atoms with Gasteiger partial charge in [0, 0.05) is 12.7 Å². The summed E-state index contributed by atoms with van der Waals surface area (Å²) in [6.07, 6.45) is 3.09. The smallest absolute Gasteiger partial charge is 0.178 e. The fourth-order valence-electron chi connectivity index (χ4n) is 1.57. The SMILES string of the molecule is C=Cc1cnnn1[C@H](OC)c1ccccc1. The topological polar surface area (TPSA) is 39.9 Å². The van der Waals surface area contributed by atoms with E-state index in [9.17, 15) is 0 Å². The minimum atomic E-state index is -0.267. The van der Waals surface area contributed by atoms with Crippen molar-refractivity contribution in [1.29, 1.82) is 0 Å². The van der Waals surface area contributed by atoms with Crippen LogP contribution in [0.5, 0.6) is 0 Å². The second kappa shape index (κ2) is 4.72. The molecule has 0 radical (unpaired) electrons. The molecular weight excluding hydrogens is 202 g/mol. The molecule has 1 heterocycles. The van der Waals surface area contributed by atoms with E-state index >= 15 is 0 Å². The Morgan fingerprint density at radius 2 is 2.12 bits per heavy atom. The first-order chi connectivity index (χ1) is 7.86. The molecule has 82 valence electrons. The number of rotatable bonds is 4. The Hall–Kier alpha value is -1.94. The van der Waals surface area contributed by atoms with Gasteiger partial charge in [0.15, 0.2) is 6.23 Å². The first-order valence-corrected chi connectivity index (χ1v) is 4.97. The second-order valence-electron chi connectivity index (χ2n) is 3.31. The lowest BCUT2D eigenvalue weighted by molar-refractivity contribution is 0.0660. The molecule has 0 bridgehead atoms. The van der Waals surface area contributed by atoms with Crippen LogP contribution >= 0.6 is 0 Å². The fourth-order valence-corrected chi connectivity index (χ4v) is 1.57. The summed E-state index contributed by atoms with van der Waals surface area (Å²) < 4.78 is 7.13. The van der Waals surface area contributed by atoms with Crippen molar-refractivity contribution in [1.82, 2.24) is 15.0 Å². The van der Waals surface area contributed by atoms with Gasteiger partial charge in [-0.25, -0.2) is 4.68 Å². The highest BCUT2D eigenvalue weighted by atomic mass is 16.5. The zero-order chi connectivity index (χ0) is 11.4. The first-order valence-electron chi connectivity index (χ1n) is 4.97. The molecule has 0 aliphatic rings. The largest absolute Gasteiger partial charge is 0.355 e. The van der Waals surface area contributed by atoms with Crippen LogP contribution in [0.15, 0.2) is 43.1 Å². The highest BCUT2D eigenvalue weighted by Gasteiger charge is 2.15. The molecule has 4 nitrogen and oxygen atoms in total. The highest BCUT2D eigenvalue weighted by molar-refractivity contribution is 5.40. The van der Waals surface area contributed by atoms with Crippen molar-refractivity contribution in [2.75, 3.05) is 7.11 Å². The molecule has 0 fully saturated rings. The lowest BCUT2D eigenvalue weighted by atomic mass is 10.2. The molecule has 1 atom stereocenters. The maximum Gasteiger partial charge on any atom is 0.178 e. The van der Waals surface area contributed by atoms with Crippen LogP contribution in [0.1, 0.15) is 17.5 Å². The van der Waals surface area contributed by atoms with Crippen LogP contribution in [0, 0.1) is 0 Å². The predicted molar refractivity (Wildman–Crippen MR) is 61.7 cm³/mol. The number of methoxy groups -OCH3 is 1. The molecular formula is C12H13N3O. The molecule has 1 aromatic carbocycles. The molecule has 2 aromatic rings. The summed E-state index contributed by atoms with van der Waals surface area (Å²) in [4.78, 5) is 0. The molecule has 1 aromatic heterocycles. The Morgan fingerprint density at radius 1 is 1.38 bits per heavy atom. The lowest BCUT2D eigenvalue weighted by Crippen LogP contribution is -2.15. The summed E-state index contributed by atoms with van der Waals surface area (Å²) in [7, 11) is 1.65. The number of hydrogen-bond donors (Lipinski definition) is 0. The predicted octanol–water partition coefficient (Wildman–Crippen LogP) is 2.11. The third kappa shape index (κ3) is 1.87. The van der Waals surface area contributed by atoms with E-state index in [2.05, 4.69) is 16.9 Å². The van der Waals surface area contributed by atoms with Crippen molar-refractivity contribution >= 4 is 6.08 Å². The zero-order valence-corrected chi connectivity index (χ0v) is 9.08. The van der Waals surface area contributed by atoms with E-state index in [0.29, 0.717) is 0 Å². The van der Waals surface area contributed by atoms with Gasteiger partial charge in [0.1, 0.15) is 0 Å². The number of ether oxygens (including phenoxy) is 1. The second-order valence-corrected chi connectivity index (χ2v) is 3.31. The van der Waals surface area contributed by atoms with E-state index in [-0.39, 0.29) is 6.23 Å². The monoisotopic (exact) mass is 215 g/mol. The Morgan fingerprint density at radius 3 is 2.75 bits per heavy atom. The van der Waals surface area contributed by atoms with E-state index in [1.54, 1.807) is 24.1 Å². The molecule has 0 aliphatic heterocycles. The standard InChI is InChI=1S/C12H13N3O/c1-3-11-9-13-14-15(11)12(16-2)10-7-5-4-6-8-10/h3-9,12H,1H2,2H3/t12-/m1/s1. The van der Waals surface area contributed by atoms with E-state index < -0.39 is 0 Å². The molecule has 4 heteroatoms. The van der Waals surface area contributed by atoms with Crippen molar-refractivity contribution in [2.45, 2.75) is 6.23 Å². The molecule has 0 unspecified atom stereocenters. The summed E-state index contributed by atoms with van der Waals surface area (Å²) in [6.45, 7) is 3.72. The molecule has 0 amide bonds. The van der Waals surface area contributed by atoms with Gasteiger partial charge in [-0.2, -0.15) is 0 Å². The summed E-state index contributed by atoms with van der Waals surface area (Å²) in [5.41, 5.74) is 1.86. The van der Waals surface area contributed by atoms with Gasteiger partial charge in [0.25, 0.3) is 0 Å². The van der Waals surface area contributed by atoms with Crippen LogP contribution < -0.4 is 0 Å². The van der Waals surface area contributed by atoms with Gasteiger partial charge in [-0.05, 0) is 6.08 Å². The van der Waals surface area contributed by atoms with Gasteiger partial charge in [-0.15, -0.1) is 5.10 Å². The third-order valence-electron chi connectivity index (χ3n) is 2.34. The average molecular weight is 215 g/mol. The lowest BCUT2D eigenvalue weighted by Gasteiger charge is -2.16. The molecule has 16 heavy (non-hydrogen) atoms. The summed E-state index contributed by atoms with van der Waals surface area (Å²) in [5.74, 6) is 0. The average Bonchev–Trinajstić information content (AvgIpc) is 2.80. The maximum atomic E-state index is 5.44. The van der Waals surface area contributed by atoms with Gasteiger partial charge in [0.2, 0.25) is 0 Å². The van der Waals surface area contributed by atoms with Gasteiger partial charge >= 0.3 is 0 Å². The molecule has 0 saturated carbocycles. The highest BCUT2D eigenvalue weighted by Crippen LogP contribution is 2.19. The van der Waals surface area contributed by atoms with Crippen LogP contribution in [0.4, 0.5) is 0 Å². The van der Waals surface area contributed by atoms with Crippen molar-refractivity contribution in [3.05, 3.63) is 54.4 Å². The van der Waals surface area contributed by atoms with Crippen LogP contribution in [0.2, 0.25) is 0 Å². The van der Waals surface area contributed by atoms with E-state index in [1.165, 1.54) is 0 Å². The molecule has 0 N–H and O–H groups in total. The molecule has 2 rings (SSSR count). The first kappa shape index (κ1) is 10.6. The minimum Gasteiger partial charge on any atom is -0.355 e. The van der Waals surface area contributed by atoms with E-state index in [4.69, 9.17) is 4.74 Å². The van der Waals surface area contributed by atoms with Crippen molar-refractivity contribution in [3.8, 4) is 0 Å². The normalized spacial score (nSPS) is 12.3. The molecule has 0 saturated heterocycles. The van der Waals surface area contributed by atoms with E-state index in [0.717, 1.165) is 11.3 Å². The summed E-state index contributed by atoms with van der Waals surface area (Å²) in [6, 6.07) is 9.87. The summed E-state index contributed by atoms with van der Waals surface area (Å²) >= 11 is 0. The van der Waals surface area contributed by atoms with Crippen molar-refractivity contribution in [2.24, 2.45) is 0 Å². The Bertz CT molecular complexity index is 464. The maximum absolute atomic E-state index is 5.44. The van der Waals surface area contributed by atoms with Gasteiger partial charge in [-0.3, -0.25) is 0 Å². The Balaban J connectivity index is 2.40. The van der Waals surface area contributed by atoms with E-state index in [1.807, 2.05) is 30.3 Å². The van der Waals surface area contributed by atoms with Gasteiger partial charge < -0.3 is 4.74 Å². The molecule has 0 aliphatic carbocycles. The summed E-state index contributed by atoms with van der Waals surface area (Å²) in [5, 5.41) is 7.85. The van der Waals surface area contributed by atoms with Crippen LogP contribution in [-0.4, -0.2) is 22.1 Å². The number of aromatic nitrogens is 3. The Kier molecular flexibility index (Phi) is 3.12. The van der Waals surface area contributed by atoms with Crippen molar-refractivity contribution < 1.29 is 4.74 Å². The van der Waals surface area contributed by atoms with Gasteiger partial charge in [0.05, 0.1) is 11.9 Å². The van der Waals surface area contributed by atoms with Crippen LogP contribution in [0.25, 0.3) is 6.08 Å². The number of benzene rings is 1. The minimum absolute atomic E-state index is 0.267. The zero-order valence-electron chi connectivity index (χ0n) is 9.08. The third-order valence-corrected chi connectivity index (χ3v) is 2.34. The van der Waals surface area contributed by atoms with Gasteiger partial charge in [-0.1, -0.05) is 42.1 Å². The quantitative estimate of drug-likeness (QED) is 0.784. The van der Waals surface area contributed by atoms with Crippen molar-refractivity contribution in [3.63, 3.8) is 0 Å². The Labute approximate surface area is 94.2 Å². The molecule has 0 spiro atoms. The van der Waals surface area contributed by atoms with Crippen LogP contribution in [-0.2, 0) is 4.74 Å². The number of hydrogen-bond acceptors (Lipinski definition) is 3. The fraction of sp³-hybridized carbons (Fsp3) is 0.167. The number of nitrogens with zero attached hydrogens (tertiary/aromatic N) is 3.